The minimum Gasteiger partial charge on any atom is -0.384 e. The summed E-state index contributed by atoms with van der Waals surface area (Å²) in [4.78, 5) is 18.6. The number of carbonyl (C=O) groups excluding carboxylic acids is 1. The van der Waals surface area contributed by atoms with Crippen LogP contribution in [0.25, 0.3) is 10.9 Å². The Kier molecular flexibility index (Phi) is 4.93. The molecule has 0 spiro atoms. The van der Waals surface area contributed by atoms with Crippen LogP contribution in [0.15, 0.2) is 34.9 Å². The lowest BCUT2D eigenvalue weighted by Crippen LogP contribution is -2.36. The predicted octanol–water partition coefficient (Wildman–Crippen LogP) is 3.81. The summed E-state index contributed by atoms with van der Waals surface area (Å²) in [5.41, 5.74) is 1.97. The van der Waals surface area contributed by atoms with Gasteiger partial charge in [0, 0.05) is 47.8 Å². The van der Waals surface area contributed by atoms with E-state index < -0.39 is 0 Å². The van der Waals surface area contributed by atoms with Crippen LogP contribution >= 0.6 is 15.9 Å². The van der Waals surface area contributed by atoms with Crippen molar-refractivity contribution >= 4 is 38.4 Å². The molecule has 5 heteroatoms. The number of fused-ring (bicyclic) bond motifs is 1. The number of rotatable bonds is 4. The summed E-state index contributed by atoms with van der Waals surface area (Å²) >= 11 is 3.52. The molecular weight excluding hydrogens is 342 g/mol. The highest BCUT2D eigenvalue weighted by molar-refractivity contribution is 9.10. The Bertz CT molecular complexity index is 668. The van der Waals surface area contributed by atoms with Gasteiger partial charge in [0.2, 0.25) is 5.91 Å². The summed E-state index contributed by atoms with van der Waals surface area (Å²) in [6.07, 6.45) is 5.87. The quantitative estimate of drug-likeness (QED) is 0.900. The van der Waals surface area contributed by atoms with Gasteiger partial charge in [-0.1, -0.05) is 12.1 Å². The van der Waals surface area contributed by atoms with Crippen LogP contribution in [0, 0.1) is 0 Å². The van der Waals surface area contributed by atoms with E-state index in [2.05, 4.69) is 26.2 Å². The molecule has 1 saturated heterocycles. The lowest BCUT2D eigenvalue weighted by molar-refractivity contribution is -0.131. The number of para-hydroxylation sites is 1. The summed E-state index contributed by atoms with van der Waals surface area (Å²) in [7, 11) is 0. The molecule has 2 heterocycles. The smallest absolute Gasteiger partial charge is 0.224 e. The second-order valence-electron chi connectivity index (χ2n) is 5.61. The fourth-order valence-corrected chi connectivity index (χ4v) is 3.37. The number of aromatic nitrogens is 1. The van der Waals surface area contributed by atoms with Crippen LogP contribution in [0.2, 0.25) is 0 Å². The van der Waals surface area contributed by atoms with Crippen LogP contribution in [0.3, 0.4) is 0 Å². The zero-order valence-corrected chi connectivity index (χ0v) is 14.1. The average molecular weight is 362 g/mol. The van der Waals surface area contributed by atoms with E-state index in [-0.39, 0.29) is 5.91 Å². The zero-order chi connectivity index (χ0) is 15.4. The second kappa shape index (κ2) is 7.09. The van der Waals surface area contributed by atoms with Gasteiger partial charge in [-0.15, -0.1) is 0 Å². The molecule has 1 aromatic carbocycles. The van der Waals surface area contributed by atoms with Crippen molar-refractivity contribution in [2.75, 3.05) is 25.0 Å². The van der Waals surface area contributed by atoms with Gasteiger partial charge in [0.25, 0.3) is 0 Å². The van der Waals surface area contributed by atoms with Gasteiger partial charge in [0.15, 0.2) is 0 Å². The van der Waals surface area contributed by atoms with Crippen LogP contribution in [0.1, 0.15) is 25.7 Å². The number of nitrogens with one attached hydrogen (secondary N) is 1. The van der Waals surface area contributed by atoms with Crippen molar-refractivity contribution in [1.29, 1.82) is 0 Å². The summed E-state index contributed by atoms with van der Waals surface area (Å²) in [5, 5.41) is 4.45. The molecule has 0 atom stereocenters. The molecule has 1 aliphatic rings. The molecule has 0 aliphatic carbocycles. The molecule has 4 nitrogen and oxygen atoms in total. The lowest BCUT2D eigenvalue weighted by atomic mass is 10.1. The maximum atomic E-state index is 12.2. The first-order chi connectivity index (χ1) is 10.8. The van der Waals surface area contributed by atoms with Gasteiger partial charge in [-0.3, -0.25) is 9.78 Å². The normalized spacial score (nSPS) is 15.0. The van der Waals surface area contributed by atoms with E-state index in [1.807, 2.05) is 29.2 Å². The Morgan fingerprint density at radius 2 is 2.05 bits per heavy atom. The standard InChI is InChI=1S/C17H20BrN3O/c18-14-6-4-5-13-15(7-9-20-17(13)14)19-10-8-16(22)21-11-2-1-3-12-21/h4-7,9H,1-3,8,10-12H2,(H,19,20). The van der Waals surface area contributed by atoms with Gasteiger partial charge >= 0.3 is 0 Å². The van der Waals surface area contributed by atoms with Crippen molar-refractivity contribution in [2.45, 2.75) is 25.7 Å². The molecule has 2 aromatic rings. The van der Waals surface area contributed by atoms with Gasteiger partial charge in [-0.2, -0.15) is 0 Å². The molecule has 0 unspecified atom stereocenters. The first kappa shape index (κ1) is 15.3. The summed E-state index contributed by atoms with van der Waals surface area (Å²) in [6.45, 7) is 2.49. The fraction of sp³-hybridized carbons (Fsp3) is 0.412. The molecule has 1 amide bonds. The Balaban J connectivity index is 1.62. The van der Waals surface area contributed by atoms with E-state index in [4.69, 9.17) is 0 Å². The number of carbonyl (C=O) groups is 1. The minimum absolute atomic E-state index is 0.256. The van der Waals surface area contributed by atoms with Gasteiger partial charge < -0.3 is 10.2 Å². The van der Waals surface area contributed by atoms with E-state index in [1.165, 1.54) is 6.42 Å². The third-order valence-corrected chi connectivity index (χ3v) is 4.72. The second-order valence-corrected chi connectivity index (χ2v) is 6.47. The third kappa shape index (κ3) is 3.40. The highest BCUT2D eigenvalue weighted by atomic mass is 79.9. The Labute approximate surface area is 139 Å². The van der Waals surface area contributed by atoms with Crippen molar-refractivity contribution in [1.82, 2.24) is 9.88 Å². The van der Waals surface area contributed by atoms with Crippen molar-refractivity contribution in [3.8, 4) is 0 Å². The van der Waals surface area contributed by atoms with Crippen LogP contribution < -0.4 is 5.32 Å². The minimum atomic E-state index is 0.256. The maximum Gasteiger partial charge on any atom is 0.224 e. The van der Waals surface area contributed by atoms with Crippen molar-refractivity contribution in [2.24, 2.45) is 0 Å². The number of halogens is 1. The number of piperidine rings is 1. The van der Waals surface area contributed by atoms with E-state index in [1.54, 1.807) is 6.20 Å². The molecule has 1 aliphatic heterocycles. The first-order valence-electron chi connectivity index (χ1n) is 7.80. The van der Waals surface area contributed by atoms with Crippen molar-refractivity contribution in [3.63, 3.8) is 0 Å². The van der Waals surface area contributed by atoms with Crippen LogP contribution in [-0.2, 0) is 4.79 Å². The predicted molar refractivity (Wildman–Crippen MR) is 93.0 cm³/mol. The fourth-order valence-electron chi connectivity index (χ4n) is 2.90. The molecule has 116 valence electrons. The average Bonchev–Trinajstić information content (AvgIpc) is 2.56. The molecule has 22 heavy (non-hydrogen) atoms. The number of hydrogen-bond donors (Lipinski definition) is 1. The van der Waals surface area contributed by atoms with Crippen LogP contribution in [0.5, 0.6) is 0 Å². The van der Waals surface area contributed by atoms with Gasteiger partial charge in [-0.05, 0) is 47.3 Å². The highest BCUT2D eigenvalue weighted by Gasteiger charge is 2.15. The molecule has 1 fully saturated rings. The third-order valence-electron chi connectivity index (χ3n) is 4.08. The van der Waals surface area contributed by atoms with Gasteiger partial charge in [0.05, 0.1) is 5.52 Å². The monoisotopic (exact) mass is 361 g/mol. The molecule has 0 saturated carbocycles. The Morgan fingerprint density at radius 1 is 1.23 bits per heavy atom. The summed E-state index contributed by atoms with van der Waals surface area (Å²) < 4.78 is 0.984. The highest BCUT2D eigenvalue weighted by Crippen LogP contribution is 2.27. The largest absolute Gasteiger partial charge is 0.384 e. The summed E-state index contributed by atoms with van der Waals surface area (Å²) in [5.74, 6) is 0.256. The molecule has 0 bridgehead atoms. The number of benzene rings is 1. The number of anilines is 1. The SMILES string of the molecule is O=C(CCNc1ccnc2c(Br)cccc12)N1CCCCC1. The molecule has 1 N–H and O–H groups in total. The van der Waals surface area contributed by atoms with E-state index in [0.717, 1.165) is 47.0 Å². The van der Waals surface area contributed by atoms with E-state index in [9.17, 15) is 4.79 Å². The Morgan fingerprint density at radius 3 is 2.86 bits per heavy atom. The lowest BCUT2D eigenvalue weighted by Gasteiger charge is -2.26. The topological polar surface area (TPSA) is 45.2 Å². The van der Waals surface area contributed by atoms with Crippen LogP contribution in [0.4, 0.5) is 5.69 Å². The molecule has 1 aromatic heterocycles. The van der Waals surface area contributed by atoms with E-state index >= 15 is 0 Å². The van der Waals surface area contributed by atoms with Crippen molar-refractivity contribution < 1.29 is 4.79 Å². The molecule has 3 rings (SSSR count). The number of nitrogens with zero attached hydrogens (tertiary/aromatic N) is 2. The first-order valence-corrected chi connectivity index (χ1v) is 8.60. The van der Waals surface area contributed by atoms with E-state index in [0.29, 0.717) is 13.0 Å². The summed E-state index contributed by atoms with van der Waals surface area (Å²) in [6, 6.07) is 7.99. The maximum absolute atomic E-state index is 12.2. The van der Waals surface area contributed by atoms with Gasteiger partial charge in [-0.25, -0.2) is 0 Å². The van der Waals surface area contributed by atoms with Crippen molar-refractivity contribution in [3.05, 3.63) is 34.9 Å². The molecule has 0 radical (unpaired) electrons. The number of pyridine rings is 1. The zero-order valence-electron chi connectivity index (χ0n) is 12.5. The number of hydrogen-bond acceptors (Lipinski definition) is 3. The number of likely N-dealkylation sites (tertiary alicyclic amines) is 1. The Hall–Kier alpha value is -1.62. The number of amides is 1. The van der Waals surface area contributed by atoms with Gasteiger partial charge in [0.1, 0.15) is 0 Å². The van der Waals surface area contributed by atoms with Crippen LogP contribution in [-0.4, -0.2) is 35.4 Å². The molecular formula is C17H20BrN3O.